The maximum atomic E-state index is 12.2. The van der Waals surface area contributed by atoms with E-state index in [9.17, 15) is 14.4 Å². The minimum Gasteiger partial charge on any atom is -0.484 e. The summed E-state index contributed by atoms with van der Waals surface area (Å²) in [5.74, 6) is -0.0705. The predicted molar refractivity (Wildman–Crippen MR) is 112 cm³/mol. The van der Waals surface area contributed by atoms with Gasteiger partial charge < -0.3 is 15.0 Å². The summed E-state index contributed by atoms with van der Waals surface area (Å²) in [6.45, 7) is 3.42. The Morgan fingerprint density at radius 2 is 1.79 bits per heavy atom. The number of nitrogens with zero attached hydrogens (tertiary/aromatic N) is 1. The SMILES string of the molecule is CCC(=O)c1ccc(OCC(=O)N(C)CC(=O)Nc2ccc(Br)cc2C)cc1. The van der Waals surface area contributed by atoms with Crippen molar-refractivity contribution < 1.29 is 19.1 Å². The number of hydrogen-bond donors (Lipinski definition) is 1. The van der Waals surface area contributed by atoms with Gasteiger partial charge in [-0.1, -0.05) is 22.9 Å². The van der Waals surface area contributed by atoms with Gasteiger partial charge in [-0.2, -0.15) is 0 Å². The van der Waals surface area contributed by atoms with E-state index in [0.717, 1.165) is 10.0 Å². The summed E-state index contributed by atoms with van der Waals surface area (Å²) in [6, 6.07) is 12.2. The monoisotopic (exact) mass is 446 g/mol. The first-order valence-electron chi connectivity index (χ1n) is 8.86. The van der Waals surface area contributed by atoms with E-state index < -0.39 is 0 Å². The van der Waals surface area contributed by atoms with Crippen molar-refractivity contribution in [3.63, 3.8) is 0 Å². The van der Waals surface area contributed by atoms with Crippen LogP contribution in [0.25, 0.3) is 0 Å². The maximum Gasteiger partial charge on any atom is 0.260 e. The molecule has 0 saturated heterocycles. The number of hydrogen-bond acceptors (Lipinski definition) is 4. The zero-order chi connectivity index (χ0) is 20.7. The molecule has 1 N–H and O–H groups in total. The Labute approximate surface area is 173 Å². The van der Waals surface area contributed by atoms with Gasteiger partial charge in [0, 0.05) is 29.2 Å². The summed E-state index contributed by atoms with van der Waals surface area (Å²) in [4.78, 5) is 37.3. The third-order valence-electron chi connectivity index (χ3n) is 4.13. The highest BCUT2D eigenvalue weighted by atomic mass is 79.9. The van der Waals surface area contributed by atoms with Crippen molar-refractivity contribution >= 4 is 39.2 Å². The zero-order valence-corrected chi connectivity index (χ0v) is 17.7. The van der Waals surface area contributed by atoms with Gasteiger partial charge in [-0.3, -0.25) is 14.4 Å². The molecule has 0 aromatic heterocycles. The summed E-state index contributed by atoms with van der Waals surface area (Å²) in [6.07, 6.45) is 0.436. The number of aryl methyl sites for hydroxylation is 1. The molecule has 0 heterocycles. The van der Waals surface area contributed by atoms with E-state index in [4.69, 9.17) is 4.74 Å². The fourth-order valence-corrected chi connectivity index (χ4v) is 2.93. The van der Waals surface area contributed by atoms with Gasteiger partial charge >= 0.3 is 0 Å². The molecule has 0 radical (unpaired) electrons. The number of nitrogens with one attached hydrogen (secondary N) is 1. The summed E-state index contributed by atoms with van der Waals surface area (Å²) < 4.78 is 6.38. The molecule has 0 atom stereocenters. The van der Waals surface area contributed by atoms with E-state index in [1.165, 1.54) is 4.90 Å². The smallest absolute Gasteiger partial charge is 0.260 e. The minimum atomic E-state index is -0.323. The molecule has 0 bridgehead atoms. The first-order valence-corrected chi connectivity index (χ1v) is 9.65. The zero-order valence-electron chi connectivity index (χ0n) is 16.1. The first-order chi connectivity index (χ1) is 13.3. The van der Waals surface area contributed by atoms with E-state index in [0.29, 0.717) is 23.4 Å². The number of halogens is 1. The van der Waals surface area contributed by atoms with Gasteiger partial charge in [0.25, 0.3) is 5.91 Å². The van der Waals surface area contributed by atoms with E-state index in [-0.39, 0.29) is 30.7 Å². The fraction of sp³-hybridized carbons (Fsp3) is 0.286. The third kappa shape index (κ3) is 6.20. The topological polar surface area (TPSA) is 75.7 Å². The highest BCUT2D eigenvalue weighted by Crippen LogP contribution is 2.20. The van der Waals surface area contributed by atoms with Gasteiger partial charge in [0.15, 0.2) is 12.4 Å². The van der Waals surface area contributed by atoms with E-state index in [1.807, 2.05) is 19.1 Å². The summed E-state index contributed by atoms with van der Waals surface area (Å²) >= 11 is 3.38. The number of likely N-dealkylation sites (N-methyl/N-ethyl adjacent to an activating group) is 1. The Hall–Kier alpha value is -2.67. The molecule has 6 nitrogen and oxygen atoms in total. The Bertz CT molecular complexity index is 865. The average molecular weight is 447 g/mol. The van der Waals surface area contributed by atoms with Crippen LogP contribution in [0.4, 0.5) is 5.69 Å². The quantitative estimate of drug-likeness (QED) is 0.625. The molecule has 2 aromatic carbocycles. The predicted octanol–water partition coefficient (Wildman–Crippen LogP) is 3.83. The Morgan fingerprint density at radius 1 is 1.11 bits per heavy atom. The van der Waals surface area contributed by atoms with Crippen LogP contribution in [0.15, 0.2) is 46.9 Å². The minimum absolute atomic E-state index is 0.0504. The molecule has 0 aliphatic heterocycles. The number of benzene rings is 2. The van der Waals surface area contributed by atoms with E-state index in [2.05, 4.69) is 21.2 Å². The van der Waals surface area contributed by atoms with Gasteiger partial charge in [-0.15, -0.1) is 0 Å². The second kappa shape index (κ2) is 10.0. The lowest BCUT2D eigenvalue weighted by molar-refractivity contribution is -0.135. The molecular weight excluding hydrogens is 424 g/mol. The molecule has 7 heteroatoms. The van der Waals surface area contributed by atoms with Gasteiger partial charge in [0.2, 0.25) is 5.91 Å². The molecule has 0 saturated carbocycles. The normalized spacial score (nSPS) is 10.3. The second-order valence-corrected chi connectivity index (χ2v) is 7.26. The molecular formula is C21H23BrN2O4. The van der Waals surface area contributed by atoms with Crippen molar-refractivity contribution in [1.82, 2.24) is 4.90 Å². The van der Waals surface area contributed by atoms with Crippen molar-refractivity contribution in [2.45, 2.75) is 20.3 Å². The van der Waals surface area contributed by atoms with Crippen LogP contribution in [-0.4, -0.2) is 42.7 Å². The standard InChI is InChI=1S/C21H23BrN2O4/c1-4-19(25)15-5-8-17(9-6-15)28-13-21(27)24(3)12-20(26)23-18-10-7-16(22)11-14(18)2/h5-11H,4,12-13H2,1-3H3,(H,23,26). The Morgan fingerprint density at radius 3 is 2.39 bits per heavy atom. The lowest BCUT2D eigenvalue weighted by atomic mass is 10.1. The van der Waals surface area contributed by atoms with Gasteiger partial charge in [-0.25, -0.2) is 0 Å². The van der Waals surface area contributed by atoms with Gasteiger partial charge in [0.05, 0.1) is 6.54 Å². The molecule has 2 amide bonds. The van der Waals surface area contributed by atoms with Crippen LogP contribution < -0.4 is 10.1 Å². The van der Waals surface area contributed by atoms with Crippen LogP contribution in [0.5, 0.6) is 5.75 Å². The molecule has 0 spiro atoms. The van der Waals surface area contributed by atoms with Gasteiger partial charge in [-0.05, 0) is 55.0 Å². The average Bonchev–Trinajstić information content (AvgIpc) is 2.68. The number of carbonyl (C=O) groups is 3. The number of amides is 2. The highest BCUT2D eigenvalue weighted by molar-refractivity contribution is 9.10. The van der Waals surface area contributed by atoms with Crippen LogP contribution in [0.2, 0.25) is 0 Å². The van der Waals surface area contributed by atoms with E-state index in [1.54, 1.807) is 44.3 Å². The largest absolute Gasteiger partial charge is 0.484 e. The first kappa shape index (κ1) is 21.6. The number of ketones is 1. The number of ether oxygens (including phenoxy) is 1. The van der Waals surface area contributed by atoms with Crippen molar-refractivity contribution in [2.75, 3.05) is 25.5 Å². The Balaban J connectivity index is 1.83. The molecule has 0 unspecified atom stereocenters. The number of carbonyl (C=O) groups excluding carboxylic acids is 3. The third-order valence-corrected chi connectivity index (χ3v) is 4.62. The molecule has 28 heavy (non-hydrogen) atoms. The van der Waals surface area contributed by atoms with Crippen molar-refractivity contribution in [1.29, 1.82) is 0 Å². The lowest BCUT2D eigenvalue weighted by Gasteiger charge is -2.17. The number of rotatable bonds is 8. The van der Waals surface area contributed by atoms with Crippen LogP contribution in [0.1, 0.15) is 29.3 Å². The summed E-state index contributed by atoms with van der Waals surface area (Å²) in [7, 11) is 1.54. The molecule has 2 rings (SSSR count). The molecule has 148 valence electrons. The number of Topliss-reactive ketones (excluding diaryl/α,β-unsaturated/α-hetero) is 1. The van der Waals surface area contributed by atoms with Crippen LogP contribution in [-0.2, 0) is 9.59 Å². The maximum absolute atomic E-state index is 12.2. The summed E-state index contributed by atoms with van der Waals surface area (Å²) in [5.41, 5.74) is 2.23. The lowest BCUT2D eigenvalue weighted by Crippen LogP contribution is -2.37. The Kier molecular flexibility index (Phi) is 7.75. The van der Waals surface area contributed by atoms with Crippen LogP contribution in [0.3, 0.4) is 0 Å². The fourth-order valence-electron chi connectivity index (χ4n) is 2.46. The van der Waals surface area contributed by atoms with Crippen molar-refractivity contribution in [3.05, 3.63) is 58.1 Å². The highest BCUT2D eigenvalue weighted by Gasteiger charge is 2.14. The van der Waals surface area contributed by atoms with E-state index >= 15 is 0 Å². The second-order valence-electron chi connectivity index (χ2n) is 6.35. The summed E-state index contributed by atoms with van der Waals surface area (Å²) in [5, 5.41) is 2.79. The van der Waals surface area contributed by atoms with Crippen molar-refractivity contribution in [2.24, 2.45) is 0 Å². The molecule has 0 aliphatic rings. The molecule has 0 fully saturated rings. The molecule has 2 aromatic rings. The van der Waals surface area contributed by atoms with Crippen LogP contribution >= 0.6 is 15.9 Å². The molecule has 0 aliphatic carbocycles. The van der Waals surface area contributed by atoms with Crippen LogP contribution in [0, 0.1) is 6.92 Å². The van der Waals surface area contributed by atoms with Gasteiger partial charge in [0.1, 0.15) is 5.75 Å². The number of anilines is 1. The van der Waals surface area contributed by atoms with Crippen molar-refractivity contribution in [3.8, 4) is 5.75 Å².